The normalized spacial score (nSPS) is 10.7. The number of carbonyl (C=O) groups is 1. The van der Waals surface area contributed by atoms with Crippen molar-refractivity contribution in [3.8, 4) is 0 Å². The van der Waals surface area contributed by atoms with Crippen LogP contribution in [0.4, 0.5) is 5.69 Å². The number of carbonyl (C=O) groups excluding carboxylic acids is 1. The molecular formula is C14H14BrN3O2. The van der Waals surface area contributed by atoms with Crippen LogP contribution in [0.2, 0.25) is 0 Å². The van der Waals surface area contributed by atoms with E-state index in [0.29, 0.717) is 10.4 Å². The monoisotopic (exact) mass is 335 g/mol. The van der Waals surface area contributed by atoms with E-state index in [2.05, 4.69) is 31.8 Å². The fourth-order valence-electron chi connectivity index (χ4n) is 1.55. The summed E-state index contributed by atoms with van der Waals surface area (Å²) in [4.78, 5) is 11.6. The van der Waals surface area contributed by atoms with Gasteiger partial charge in [-0.05, 0) is 46.6 Å². The van der Waals surface area contributed by atoms with E-state index in [1.54, 1.807) is 12.1 Å². The lowest BCUT2D eigenvalue weighted by Crippen LogP contribution is -2.26. The van der Waals surface area contributed by atoms with Gasteiger partial charge in [-0.1, -0.05) is 18.2 Å². The van der Waals surface area contributed by atoms with Crippen LogP contribution in [0.15, 0.2) is 50.6 Å². The van der Waals surface area contributed by atoms with Crippen LogP contribution in [0.3, 0.4) is 0 Å². The number of hydrogen-bond acceptors (Lipinski definition) is 4. The molecule has 0 fully saturated rings. The zero-order valence-electron chi connectivity index (χ0n) is 10.9. The second kappa shape index (κ2) is 6.91. The first-order chi connectivity index (χ1) is 9.65. The second-order valence-electron chi connectivity index (χ2n) is 4.10. The fourth-order valence-corrected chi connectivity index (χ4v) is 1.87. The molecule has 0 aliphatic rings. The summed E-state index contributed by atoms with van der Waals surface area (Å²) in [5.41, 5.74) is 4.44. The average Bonchev–Trinajstić information content (AvgIpc) is 2.83. The van der Waals surface area contributed by atoms with Gasteiger partial charge in [-0.3, -0.25) is 4.79 Å². The molecule has 0 saturated carbocycles. The third kappa shape index (κ3) is 4.24. The van der Waals surface area contributed by atoms with Crippen molar-refractivity contribution in [3.63, 3.8) is 0 Å². The number of amides is 1. The molecule has 104 valence electrons. The highest BCUT2D eigenvalue weighted by Crippen LogP contribution is 2.12. The number of benzene rings is 1. The summed E-state index contributed by atoms with van der Waals surface area (Å²) >= 11 is 3.18. The van der Waals surface area contributed by atoms with Gasteiger partial charge in [-0.2, -0.15) is 5.10 Å². The topological polar surface area (TPSA) is 66.6 Å². The van der Waals surface area contributed by atoms with Gasteiger partial charge >= 0.3 is 0 Å². The first-order valence-electron chi connectivity index (χ1n) is 6.02. The van der Waals surface area contributed by atoms with E-state index < -0.39 is 0 Å². The highest BCUT2D eigenvalue weighted by molar-refractivity contribution is 9.10. The highest BCUT2D eigenvalue weighted by Gasteiger charge is 2.01. The Kier molecular flexibility index (Phi) is 4.95. The Labute approximate surface area is 125 Å². The first-order valence-corrected chi connectivity index (χ1v) is 6.81. The van der Waals surface area contributed by atoms with Crippen molar-refractivity contribution >= 4 is 33.7 Å². The molecule has 0 atom stereocenters. The van der Waals surface area contributed by atoms with Gasteiger partial charge in [0.15, 0.2) is 4.67 Å². The highest BCUT2D eigenvalue weighted by atomic mass is 79.9. The van der Waals surface area contributed by atoms with E-state index in [9.17, 15) is 4.79 Å². The van der Waals surface area contributed by atoms with E-state index in [4.69, 9.17) is 4.42 Å². The van der Waals surface area contributed by atoms with Crippen LogP contribution in [-0.4, -0.2) is 18.7 Å². The summed E-state index contributed by atoms with van der Waals surface area (Å²) in [6.07, 6.45) is 1.44. The average molecular weight is 336 g/mol. The molecule has 0 spiro atoms. The number of hydrogen-bond donors (Lipinski definition) is 2. The Balaban J connectivity index is 1.78. The molecular weight excluding hydrogens is 322 g/mol. The van der Waals surface area contributed by atoms with E-state index in [1.807, 2.05) is 31.2 Å². The quantitative estimate of drug-likeness (QED) is 0.652. The largest absolute Gasteiger partial charge is 0.448 e. The van der Waals surface area contributed by atoms with Crippen LogP contribution in [0.5, 0.6) is 0 Å². The number of nitrogens with zero attached hydrogens (tertiary/aromatic N) is 1. The summed E-state index contributed by atoms with van der Waals surface area (Å²) in [6.45, 7) is 2.14. The van der Waals surface area contributed by atoms with Gasteiger partial charge in [0.05, 0.1) is 12.8 Å². The van der Waals surface area contributed by atoms with Gasteiger partial charge < -0.3 is 9.73 Å². The van der Waals surface area contributed by atoms with E-state index in [1.165, 1.54) is 6.21 Å². The number of para-hydroxylation sites is 1. The molecule has 0 radical (unpaired) electrons. The molecule has 0 aliphatic heterocycles. The Bertz CT molecular complexity index is 622. The molecule has 1 heterocycles. The SMILES string of the molecule is Cc1ccccc1NCC(=O)N/N=C\c1ccc(Br)o1. The minimum absolute atomic E-state index is 0.157. The van der Waals surface area contributed by atoms with Crippen molar-refractivity contribution in [2.24, 2.45) is 5.10 Å². The van der Waals surface area contributed by atoms with Crippen LogP contribution in [0.25, 0.3) is 0 Å². The number of rotatable bonds is 5. The van der Waals surface area contributed by atoms with E-state index in [0.717, 1.165) is 11.3 Å². The molecule has 1 amide bonds. The molecule has 0 bridgehead atoms. The number of halogens is 1. The molecule has 1 aromatic heterocycles. The maximum absolute atomic E-state index is 11.6. The Morgan fingerprint density at radius 3 is 2.85 bits per heavy atom. The smallest absolute Gasteiger partial charge is 0.259 e. The third-order valence-corrected chi connectivity index (χ3v) is 2.99. The van der Waals surface area contributed by atoms with Gasteiger partial charge in [0.2, 0.25) is 0 Å². The summed E-state index contributed by atoms with van der Waals surface area (Å²) in [5, 5.41) is 6.86. The van der Waals surface area contributed by atoms with E-state index in [-0.39, 0.29) is 12.5 Å². The van der Waals surface area contributed by atoms with Crippen LogP contribution < -0.4 is 10.7 Å². The molecule has 2 aromatic rings. The minimum atomic E-state index is -0.227. The zero-order valence-corrected chi connectivity index (χ0v) is 12.5. The molecule has 6 heteroatoms. The summed E-state index contributed by atoms with van der Waals surface area (Å²) in [6, 6.07) is 11.3. The number of hydrazone groups is 1. The van der Waals surface area contributed by atoms with Crippen LogP contribution in [0.1, 0.15) is 11.3 Å². The Hall–Kier alpha value is -2.08. The lowest BCUT2D eigenvalue weighted by Gasteiger charge is -2.07. The van der Waals surface area contributed by atoms with Gasteiger partial charge in [0.1, 0.15) is 5.76 Å². The molecule has 0 unspecified atom stereocenters. The Morgan fingerprint density at radius 2 is 2.15 bits per heavy atom. The zero-order chi connectivity index (χ0) is 14.4. The third-order valence-electron chi connectivity index (χ3n) is 2.56. The minimum Gasteiger partial charge on any atom is -0.448 e. The number of anilines is 1. The maximum atomic E-state index is 11.6. The standard InChI is InChI=1S/C14H14BrN3O2/c1-10-4-2-3-5-12(10)16-9-14(19)18-17-8-11-6-7-13(15)20-11/h2-8,16H,9H2,1H3,(H,18,19)/b17-8-. The van der Waals surface area contributed by atoms with Crippen LogP contribution in [-0.2, 0) is 4.79 Å². The van der Waals surface area contributed by atoms with Crippen LogP contribution in [0, 0.1) is 6.92 Å². The lowest BCUT2D eigenvalue weighted by atomic mass is 10.2. The predicted octanol–water partition coefficient (Wildman–Crippen LogP) is 2.91. The maximum Gasteiger partial charge on any atom is 0.259 e. The van der Waals surface area contributed by atoms with Crippen molar-refractivity contribution in [1.29, 1.82) is 0 Å². The van der Waals surface area contributed by atoms with Gasteiger partial charge in [-0.15, -0.1) is 0 Å². The summed E-state index contributed by atoms with van der Waals surface area (Å²) in [7, 11) is 0. The molecule has 5 nitrogen and oxygen atoms in total. The number of aryl methyl sites for hydroxylation is 1. The Morgan fingerprint density at radius 1 is 1.35 bits per heavy atom. The molecule has 2 rings (SSSR count). The van der Waals surface area contributed by atoms with Crippen molar-refractivity contribution in [3.05, 3.63) is 52.4 Å². The van der Waals surface area contributed by atoms with Crippen LogP contribution >= 0.6 is 15.9 Å². The van der Waals surface area contributed by atoms with Gasteiger partial charge in [-0.25, -0.2) is 5.43 Å². The fraction of sp³-hybridized carbons (Fsp3) is 0.143. The number of nitrogens with one attached hydrogen (secondary N) is 2. The van der Waals surface area contributed by atoms with E-state index >= 15 is 0 Å². The van der Waals surface area contributed by atoms with Crippen molar-refractivity contribution in [2.75, 3.05) is 11.9 Å². The molecule has 2 N–H and O–H groups in total. The molecule has 20 heavy (non-hydrogen) atoms. The first kappa shape index (κ1) is 14.3. The lowest BCUT2D eigenvalue weighted by molar-refractivity contribution is -0.119. The van der Waals surface area contributed by atoms with Crippen molar-refractivity contribution < 1.29 is 9.21 Å². The van der Waals surface area contributed by atoms with Crippen molar-refractivity contribution in [1.82, 2.24) is 5.43 Å². The summed E-state index contributed by atoms with van der Waals surface area (Å²) in [5.74, 6) is 0.333. The number of furan rings is 1. The second-order valence-corrected chi connectivity index (χ2v) is 4.89. The predicted molar refractivity (Wildman–Crippen MR) is 81.8 cm³/mol. The molecule has 1 aromatic carbocycles. The van der Waals surface area contributed by atoms with Gasteiger partial charge in [0, 0.05) is 5.69 Å². The molecule has 0 aliphatic carbocycles. The van der Waals surface area contributed by atoms with Gasteiger partial charge in [0.25, 0.3) is 5.91 Å². The molecule has 0 saturated heterocycles. The van der Waals surface area contributed by atoms with Crippen molar-refractivity contribution in [2.45, 2.75) is 6.92 Å². The summed E-state index contributed by atoms with van der Waals surface area (Å²) < 4.78 is 5.83.